The van der Waals surface area contributed by atoms with Crippen LogP contribution in [0, 0.1) is 5.41 Å². The highest BCUT2D eigenvalue weighted by Gasteiger charge is 2.50. The quantitative estimate of drug-likeness (QED) is 0.710. The number of carbonyl (C=O) groups is 2. The van der Waals surface area contributed by atoms with Gasteiger partial charge in [-0.25, -0.2) is 0 Å². The zero-order valence-electron chi connectivity index (χ0n) is 11.3. The first-order valence-corrected chi connectivity index (χ1v) is 6.20. The largest absolute Gasteiger partial charge is 0.458 e. The Hall–Kier alpha value is -1.06. The van der Waals surface area contributed by atoms with Crippen LogP contribution in [0.5, 0.6) is 0 Å². The number of ether oxygens (including phenoxy) is 2. The van der Waals surface area contributed by atoms with Crippen molar-refractivity contribution in [1.82, 2.24) is 0 Å². The van der Waals surface area contributed by atoms with Crippen molar-refractivity contribution in [2.45, 2.75) is 65.6 Å². The van der Waals surface area contributed by atoms with Gasteiger partial charge in [-0.2, -0.15) is 0 Å². The van der Waals surface area contributed by atoms with Crippen LogP contribution in [0.25, 0.3) is 0 Å². The number of rotatable bonds is 4. The summed E-state index contributed by atoms with van der Waals surface area (Å²) < 4.78 is 10.7. The van der Waals surface area contributed by atoms with E-state index in [1.165, 1.54) is 0 Å². The molecule has 1 aliphatic heterocycles. The van der Waals surface area contributed by atoms with Gasteiger partial charge in [0.05, 0.1) is 11.8 Å². The molecular weight excluding hydrogens is 220 g/mol. The van der Waals surface area contributed by atoms with Crippen LogP contribution >= 0.6 is 0 Å². The van der Waals surface area contributed by atoms with E-state index in [2.05, 4.69) is 0 Å². The third kappa shape index (κ3) is 2.61. The number of esters is 2. The Morgan fingerprint density at radius 2 is 2.12 bits per heavy atom. The van der Waals surface area contributed by atoms with Crippen molar-refractivity contribution in [3.63, 3.8) is 0 Å². The van der Waals surface area contributed by atoms with Crippen LogP contribution in [0.2, 0.25) is 0 Å². The average molecular weight is 242 g/mol. The molecule has 1 aliphatic rings. The van der Waals surface area contributed by atoms with Crippen LogP contribution in [0.4, 0.5) is 0 Å². The van der Waals surface area contributed by atoms with Gasteiger partial charge in [0.2, 0.25) is 0 Å². The molecule has 4 nitrogen and oxygen atoms in total. The first kappa shape index (κ1) is 14.0. The summed E-state index contributed by atoms with van der Waals surface area (Å²) in [6, 6.07) is 0. The number of cyclic esters (lactones) is 1. The smallest absolute Gasteiger partial charge is 0.312 e. The Kier molecular flexibility index (Phi) is 3.84. The molecule has 98 valence electrons. The van der Waals surface area contributed by atoms with E-state index < -0.39 is 11.0 Å². The van der Waals surface area contributed by atoms with Crippen LogP contribution in [0.15, 0.2) is 0 Å². The van der Waals surface area contributed by atoms with Crippen LogP contribution in [0.3, 0.4) is 0 Å². The molecule has 0 spiro atoms. The summed E-state index contributed by atoms with van der Waals surface area (Å²) in [5.74, 6) is -0.548. The van der Waals surface area contributed by atoms with Crippen molar-refractivity contribution in [3.05, 3.63) is 0 Å². The molecule has 1 saturated heterocycles. The predicted octanol–water partition coefficient (Wildman–Crippen LogP) is 2.45. The van der Waals surface area contributed by atoms with Gasteiger partial charge in [0.25, 0.3) is 0 Å². The van der Waals surface area contributed by atoms with E-state index in [-0.39, 0.29) is 24.5 Å². The first-order valence-electron chi connectivity index (χ1n) is 6.20. The molecule has 17 heavy (non-hydrogen) atoms. The van der Waals surface area contributed by atoms with E-state index in [9.17, 15) is 9.59 Å². The Bertz CT molecular complexity index is 321. The lowest BCUT2D eigenvalue weighted by Gasteiger charge is -2.33. The van der Waals surface area contributed by atoms with Crippen LogP contribution < -0.4 is 0 Å². The molecule has 1 heterocycles. The SMILES string of the molecule is CCC(C)(C)C(=O)OC1(CC)CC(=O)OC1C. The van der Waals surface area contributed by atoms with Gasteiger partial charge in [0.1, 0.15) is 6.10 Å². The Morgan fingerprint density at radius 3 is 2.47 bits per heavy atom. The van der Waals surface area contributed by atoms with Crippen molar-refractivity contribution in [3.8, 4) is 0 Å². The molecule has 0 aromatic rings. The number of carbonyl (C=O) groups excluding carboxylic acids is 2. The maximum Gasteiger partial charge on any atom is 0.312 e. The van der Waals surface area contributed by atoms with Crippen LogP contribution in [-0.2, 0) is 19.1 Å². The summed E-state index contributed by atoms with van der Waals surface area (Å²) in [6.45, 7) is 9.33. The molecule has 2 unspecified atom stereocenters. The summed E-state index contributed by atoms with van der Waals surface area (Å²) in [6.07, 6.45) is 1.09. The summed E-state index contributed by atoms with van der Waals surface area (Å²) in [5.41, 5.74) is -1.30. The standard InChI is InChI=1S/C13H22O4/c1-6-12(4,5)11(15)17-13(7-2)8-10(14)16-9(13)3/h9H,6-8H2,1-5H3. The Labute approximate surface area is 103 Å². The monoisotopic (exact) mass is 242 g/mol. The second-order valence-electron chi connectivity index (χ2n) is 5.35. The minimum Gasteiger partial charge on any atom is -0.458 e. The summed E-state index contributed by atoms with van der Waals surface area (Å²) in [4.78, 5) is 23.4. The van der Waals surface area contributed by atoms with Gasteiger partial charge in [-0.15, -0.1) is 0 Å². The molecule has 0 aromatic heterocycles. The maximum absolute atomic E-state index is 12.1. The van der Waals surface area contributed by atoms with Gasteiger partial charge < -0.3 is 9.47 Å². The van der Waals surface area contributed by atoms with E-state index >= 15 is 0 Å². The van der Waals surface area contributed by atoms with Crippen molar-refractivity contribution < 1.29 is 19.1 Å². The molecule has 0 N–H and O–H groups in total. The van der Waals surface area contributed by atoms with Crippen molar-refractivity contribution >= 4 is 11.9 Å². The molecule has 1 fully saturated rings. The second kappa shape index (κ2) is 4.67. The van der Waals surface area contributed by atoms with Crippen LogP contribution in [-0.4, -0.2) is 23.6 Å². The molecule has 1 rings (SSSR count). The maximum atomic E-state index is 12.1. The normalized spacial score (nSPS) is 29.0. The lowest BCUT2D eigenvalue weighted by atomic mass is 9.88. The molecule has 0 aliphatic carbocycles. The predicted molar refractivity (Wildman–Crippen MR) is 63.4 cm³/mol. The van der Waals surface area contributed by atoms with Crippen molar-refractivity contribution in [2.24, 2.45) is 5.41 Å². The molecule has 0 aromatic carbocycles. The van der Waals surface area contributed by atoms with Gasteiger partial charge in [-0.05, 0) is 33.6 Å². The zero-order chi connectivity index (χ0) is 13.3. The topological polar surface area (TPSA) is 52.6 Å². The average Bonchev–Trinajstić information content (AvgIpc) is 2.54. The summed E-state index contributed by atoms with van der Waals surface area (Å²) >= 11 is 0. The highest BCUT2D eigenvalue weighted by molar-refractivity contribution is 5.79. The molecule has 0 bridgehead atoms. The Balaban J connectivity index is 2.84. The van der Waals surface area contributed by atoms with E-state index in [4.69, 9.17) is 9.47 Å². The fraction of sp³-hybridized carbons (Fsp3) is 0.846. The highest BCUT2D eigenvalue weighted by Crippen LogP contribution is 2.36. The van der Waals surface area contributed by atoms with Gasteiger partial charge in [0, 0.05) is 0 Å². The van der Waals surface area contributed by atoms with E-state index in [1.807, 2.05) is 27.7 Å². The van der Waals surface area contributed by atoms with E-state index in [0.29, 0.717) is 12.8 Å². The fourth-order valence-electron chi connectivity index (χ4n) is 1.81. The van der Waals surface area contributed by atoms with Crippen molar-refractivity contribution in [2.75, 3.05) is 0 Å². The summed E-state index contributed by atoms with van der Waals surface area (Å²) in [7, 11) is 0. The highest BCUT2D eigenvalue weighted by atomic mass is 16.6. The first-order chi connectivity index (χ1) is 7.77. The van der Waals surface area contributed by atoms with Gasteiger partial charge in [-0.1, -0.05) is 13.8 Å². The lowest BCUT2D eigenvalue weighted by molar-refractivity contribution is -0.176. The fourth-order valence-corrected chi connectivity index (χ4v) is 1.81. The molecule has 2 atom stereocenters. The van der Waals surface area contributed by atoms with E-state index in [1.54, 1.807) is 6.92 Å². The molecule has 4 heteroatoms. The van der Waals surface area contributed by atoms with Crippen molar-refractivity contribution in [1.29, 1.82) is 0 Å². The van der Waals surface area contributed by atoms with E-state index in [0.717, 1.165) is 0 Å². The molecule has 0 amide bonds. The van der Waals surface area contributed by atoms with Gasteiger partial charge in [-0.3, -0.25) is 9.59 Å². The molecule has 0 saturated carbocycles. The number of hydrogen-bond donors (Lipinski definition) is 0. The Morgan fingerprint density at radius 1 is 1.53 bits per heavy atom. The third-order valence-corrected chi connectivity index (χ3v) is 3.82. The summed E-state index contributed by atoms with van der Waals surface area (Å²) in [5, 5.41) is 0. The van der Waals surface area contributed by atoms with Gasteiger partial charge in [0.15, 0.2) is 5.60 Å². The van der Waals surface area contributed by atoms with Gasteiger partial charge >= 0.3 is 11.9 Å². The zero-order valence-corrected chi connectivity index (χ0v) is 11.3. The third-order valence-electron chi connectivity index (χ3n) is 3.82. The molecular formula is C13H22O4. The molecule has 0 radical (unpaired) electrons. The minimum atomic E-state index is -0.777. The van der Waals surface area contributed by atoms with Crippen LogP contribution in [0.1, 0.15) is 53.9 Å². The second-order valence-corrected chi connectivity index (χ2v) is 5.35. The lowest BCUT2D eigenvalue weighted by Crippen LogP contribution is -2.44. The minimum absolute atomic E-state index is 0.163. The number of hydrogen-bond acceptors (Lipinski definition) is 4.